The van der Waals surface area contributed by atoms with Crippen molar-refractivity contribution in [1.82, 2.24) is 10.6 Å². The van der Waals surface area contributed by atoms with Crippen LogP contribution in [0, 0.1) is 0 Å². The highest BCUT2D eigenvalue weighted by atomic mass is 16.7. The Morgan fingerprint density at radius 3 is 2.42 bits per heavy atom. The lowest BCUT2D eigenvalue weighted by Crippen LogP contribution is -2.54. The molecule has 0 radical (unpaired) electrons. The maximum atomic E-state index is 11.7. The molecule has 1 saturated carbocycles. The first-order valence-corrected chi connectivity index (χ1v) is 7.05. The molecule has 2 saturated heterocycles. The molecule has 1 atom stereocenters. The van der Waals surface area contributed by atoms with E-state index >= 15 is 0 Å². The summed E-state index contributed by atoms with van der Waals surface area (Å²) in [5, 5.41) is 5.74. The Balaban J connectivity index is 1.49. The predicted octanol–water partition coefficient (Wildman–Crippen LogP) is 0.0669. The van der Waals surface area contributed by atoms with E-state index in [9.17, 15) is 9.59 Å². The van der Waals surface area contributed by atoms with E-state index in [1.807, 2.05) is 0 Å². The van der Waals surface area contributed by atoms with E-state index in [-0.39, 0.29) is 23.6 Å². The van der Waals surface area contributed by atoms with Crippen LogP contribution in [-0.4, -0.2) is 42.9 Å². The average Bonchev–Trinajstić information content (AvgIpc) is 2.84. The van der Waals surface area contributed by atoms with Crippen LogP contribution >= 0.6 is 0 Å². The van der Waals surface area contributed by atoms with Gasteiger partial charge < -0.3 is 14.8 Å². The van der Waals surface area contributed by atoms with Gasteiger partial charge in [0.05, 0.1) is 19.3 Å². The largest absolute Gasteiger partial charge is 0.348 e. The highest BCUT2D eigenvalue weighted by Crippen LogP contribution is 2.35. The lowest BCUT2D eigenvalue weighted by Gasteiger charge is -2.37. The highest BCUT2D eigenvalue weighted by molar-refractivity contribution is 6.00. The van der Waals surface area contributed by atoms with Gasteiger partial charge in [-0.15, -0.1) is 0 Å². The van der Waals surface area contributed by atoms with Gasteiger partial charge in [-0.2, -0.15) is 0 Å². The van der Waals surface area contributed by atoms with Gasteiger partial charge >= 0.3 is 0 Å². The third kappa shape index (κ3) is 2.80. The van der Waals surface area contributed by atoms with Gasteiger partial charge in [-0.25, -0.2) is 0 Å². The van der Waals surface area contributed by atoms with E-state index < -0.39 is 0 Å². The van der Waals surface area contributed by atoms with Crippen LogP contribution in [0.3, 0.4) is 0 Å². The number of piperidine rings is 1. The van der Waals surface area contributed by atoms with Crippen LogP contribution in [0.25, 0.3) is 0 Å². The van der Waals surface area contributed by atoms with Crippen LogP contribution < -0.4 is 10.6 Å². The first kappa shape index (κ1) is 13.0. The molecule has 3 aliphatic rings. The minimum absolute atomic E-state index is 0.168. The molecule has 1 unspecified atom stereocenters. The Labute approximate surface area is 112 Å². The molecule has 1 spiro atoms. The average molecular weight is 268 g/mol. The molecule has 2 heterocycles. The fourth-order valence-electron chi connectivity index (χ4n) is 3.15. The molecule has 6 heteroatoms. The number of nitrogens with one attached hydrogen (secondary N) is 2. The monoisotopic (exact) mass is 268 g/mol. The second kappa shape index (κ2) is 5.19. The first-order chi connectivity index (χ1) is 9.17. The summed E-state index contributed by atoms with van der Waals surface area (Å²) in [4.78, 5) is 22.8. The summed E-state index contributed by atoms with van der Waals surface area (Å²) in [6, 6.07) is 0.0736. The second-order valence-corrected chi connectivity index (χ2v) is 5.55. The summed E-state index contributed by atoms with van der Waals surface area (Å²) >= 11 is 0. The SMILES string of the molecule is O=C1CCC(NC2CCC3(CC2)OCCO3)C(=O)N1. The summed E-state index contributed by atoms with van der Waals surface area (Å²) in [7, 11) is 0. The van der Waals surface area contributed by atoms with Gasteiger partial charge in [0.2, 0.25) is 11.8 Å². The summed E-state index contributed by atoms with van der Waals surface area (Å²) in [6.07, 6.45) is 4.65. The molecule has 19 heavy (non-hydrogen) atoms. The second-order valence-electron chi connectivity index (χ2n) is 5.55. The van der Waals surface area contributed by atoms with E-state index in [0.717, 1.165) is 25.7 Å². The Hall–Kier alpha value is -0.980. The van der Waals surface area contributed by atoms with E-state index in [1.54, 1.807) is 0 Å². The fraction of sp³-hybridized carbons (Fsp3) is 0.846. The third-order valence-electron chi connectivity index (χ3n) is 4.24. The van der Waals surface area contributed by atoms with Crippen molar-refractivity contribution in [3.05, 3.63) is 0 Å². The van der Waals surface area contributed by atoms with Crippen molar-refractivity contribution < 1.29 is 19.1 Å². The van der Waals surface area contributed by atoms with Crippen LogP contribution in [0.4, 0.5) is 0 Å². The zero-order valence-electron chi connectivity index (χ0n) is 10.9. The topological polar surface area (TPSA) is 76.7 Å². The van der Waals surface area contributed by atoms with Crippen molar-refractivity contribution in [3.8, 4) is 0 Å². The van der Waals surface area contributed by atoms with Gasteiger partial charge in [0, 0.05) is 25.3 Å². The molecular weight excluding hydrogens is 248 g/mol. The van der Waals surface area contributed by atoms with Crippen LogP contribution in [-0.2, 0) is 19.1 Å². The summed E-state index contributed by atoms with van der Waals surface area (Å²) in [6.45, 7) is 1.37. The minimum atomic E-state index is -0.358. The van der Waals surface area contributed by atoms with Gasteiger partial charge in [0.15, 0.2) is 5.79 Å². The van der Waals surface area contributed by atoms with E-state index in [0.29, 0.717) is 32.1 Å². The van der Waals surface area contributed by atoms with Crippen LogP contribution in [0.1, 0.15) is 38.5 Å². The quantitative estimate of drug-likeness (QED) is 0.693. The molecule has 2 amide bonds. The van der Waals surface area contributed by atoms with Crippen molar-refractivity contribution in [2.45, 2.75) is 56.4 Å². The highest BCUT2D eigenvalue weighted by Gasteiger charge is 2.41. The van der Waals surface area contributed by atoms with E-state index in [4.69, 9.17) is 9.47 Å². The molecule has 2 aliphatic heterocycles. The van der Waals surface area contributed by atoms with Gasteiger partial charge in [-0.05, 0) is 19.3 Å². The maximum absolute atomic E-state index is 11.7. The Morgan fingerprint density at radius 2 is 1.79 bits per heavy atom. The molecule has 2 N–H and O–H groups in total. The van der Waals surface area contributed by atoms with Gasteiger partial charge in [0.1, 0.15) is 0 Å². The smallest absolute Gasteiger partial charge is 0.243 e. The normalized spacial score (nSPS) is 31.7. The fourth-order valence-corrected chi connectivity index (χ4v) is 3.15. The van der Waals surface area contributed by atoms with Gasteiger partial charge in [-0.3, -0.25) is 14.9 Å². The van der Waals surface area contributed by atoms with Gasteiger partial charge in [-0.1, -0.05) is 0 Å². The summed E-state index contributed by atoms with van der Waals surface area (Å²) in [5.74, 6) is -0.716. The van der Waals surface area contributed by atoms with Crippen molar-refractivity contribution in [1.29, 1.82) is 0 Å². The van der Waals surface area contributed by atoms with Crippen molar-refractivity contribution in [2.24, 2.45) is 0 Å². The van der Waals surface area contributed by atoms with Crippen LogP contribution in [0.5, 0.6) is 0 Å². The van der Waals surface area contributed by atoms with Crippen molar-refractivity contribution in [2.75, 3.05) is 13.2 Å². The molecule has 0 aromatic rings. The molecular formula is C13H20N2O4. The molecule has 3 fully saturated rings. The number of carbonyl (C=O) groups is 2. The summed E-state index contributed by atoms with van der Waals surface area (Å²) in [5.41, 5.74) is 0. The molecule has 106 valence electrons. The maximum Gasteiger partial charge on any atom is 0.243 e. The standard InChI is InChI=1S/C13H20N2O4/c16-11-2-1-10(12(17)15-11)14-9-3-5-13(6-4-9)18-7-8-19-13/h9-10,14H,1-8H2,(H,15,16,17). The first-order valence-electron chi connectivity index (χ1n) is 7.05. The number of hydrogen-bond acceptors (Lipinski definition) is 5. The minimum Gasteiger partial charge on any atom is -0.348 e. The molecule has 6 nitrogen and oxygen atoms in total. The lowest BCUT2D eigenvalue weighted by molar-refractivity contribution is -0.179. The van der Waals surface area contributed by atoms with Crippen LogP contribution in [0.15, 0.2) is 0 Å². The lowest BCUT2D eigenvalue weighted by atomic mass is 9.89. The summed E-state index contributed by atoms with van der Waals surface area (Å²) < 4.78 is 11.4. The van der Waals surface area contributed by atoms with E-state index in [2.05, 4.69) is 10.6 Å². The Bertz CT molecular complexity index is 369. The predicted molar refractivity (Wildman–Crippen MR) is 66.2 cm³/mol. The Kier molecular flexibility index (Phi) is 3.56. The van der Waals surface area contributed by atoms with Crippen molar-refractivity contribution >= 4 is 11.8 Å². The number of ether oxygens (including phenoxy) is 2. The Morgan fingerprint density at radius 1 is 1.11 bits per heavy atom. The van der Waals surface area contributed by atoms with E-state index in [1.165, 1.54) is 0 Å². The zero-order chi connectivity index (χ0) is 13.3. The van der Waals surface area contributed by atoms with Crippen LogP contribution in [0.2, 0.25) is 0 Å². The molecule has 0 bridgehead atoms. The number of imide groups is 1. The number of amides is 2. The van der Waals surface area contributed by atoms with Gasteiger partial charge in [0.25, 0.3) is 0 Å². The number of rotatable bonds is 2. The molecule has 3 rings (SSSR count). The third-order valence-corrected chi connectivity index (χ3v) is 4.24. The number of carbonyl (C=O) groups excluding carboxylic acids is 2. The van der Waals surface area contributed by atoms with Crippen molar-refractivity contribution in [3.63, 3.8) is 0 Å². The molecule has 1 aliphatic carbocycles. The molecule has 0 aromatic heterocycles. The zero-order valence-corrected chi connectivity index (χ0v) is 10.9. The molecule has 0 aromatic carbocycles. The number of hydrogen-bond donors (Lipinski definition) is 2.